The normalized spacial score (nSPS) is 16.4. The molecule has 0 radical (unpaired) electrons. The average molecular weight is 399 g/mol. The van der Waals surface area contributed by atoms with E-state index in [0.717, 1.165) is 19.4 Å². The summed E-state index contributed by atoms with van der Waals surface area (Å²) in [5, 5.41) is 5.82. The smallest absolute Gasteiger partial charge is 0.317 e. The number of amides is 3. The molecule has 1 aliphatic heterocycles. The number of halogens is 1. The number of methoxy groups -OCH3 is 1. The second-order valence-corrected chi connectivity index (χ2v) is 7.24. The summed E-state index contributed by atoms with van der Waals surface area (Å²) in [5.74, 6) is 1.11. The number of urea groups is 1. The van der Waals surface area contributed by atoms with Crippen molar-refractivity contribution in [2.24, 2.45) is 11.8 Å². The topological polar surface area (TPSA) is 96.7 Å². The van der Waals surface area contributed by atoms with Crippen LogP contribution in [0.1, 0.15) is 33.1 Å². The van der Waals surface area contributed by atoms with Crippen molar-refractivity contribution in [3.8, 4) is 5.75 Å². The fourth-order valence-corrected chi connectivity index (χ4v) is 3.11. The Morgan fingerprint density at radius 1 is 1.37 bits per heavy atom. The molecule has 1 saturated heterocycles. The van der Waals surface area contributed by atoms with Crippen LogP contribution in [0.3, 0.4) is 0 Å². The third-order valence-corrected chi connectivity index (χ3v) is 4.46. The Hall–Kier alpha value is -2.15. The van der Waals surface area contributed by atoms with E-state index in [1.165, 1.54) is 0 Å². The van der Waals surface area contributed by atoms with Crippen LogP contribution in [0.4, 0.5) is 16.2 Å². The molecule has 1 fully saturated rings. The maximum absolute atomic E-state index is 12.3. The lowest BCUT2D eigenvalue weighted by Crippen LogP contribution is -2.46. The van der Waals surface area contributed by atoms with Crippen molar-refractivity contribution >= 4 is 35.7 Å². The Kier molecular flexibility index (Phi) is 9.21. The summed E-state index contributed by atoms with van der Waals surface area (Å²) in [7, 11) is 1.55. The predicted molar refractivity (Wildman–Crippen MR) is 110 cm³/mol. The zero-order chi connectivity index (χ0) is 19.1. The number of nitrogens with one attached hydrogen (secondary N) is 2. The van der Waals surface area contributed by atoms with Crippen LogP contribution in [0.2, 0.25) is 0 Å². The first kappa shape index (κ1) is 22.9. The van der Waals surface area contributed by atoms with Crippen LogP contribution in [0.25, 0.3) is 0 Å². The van der Waals surface area contributed by atoms with Crippen molar-refractivity contribution in [3.05, 3.63) is 18.2 Å². The van der Waals surface area contributed by atoms with Gasteiger partial charge in [-0.2, -0.15) is 0 Å². The first-order chi connectivity index (χ1) is 12.4. The van der Waals surface area contributed by atoms with Crippen molar-refractivity contribution in [3.63, 3.8) is 0 Å². The van der Waals surface area contributed by atoms with E-state index in [2.05, 4.69) is 24.5 Å². The summed E-state index contributed by atoms with van der Waals surface area (Å²) >= 11 is 0. The molecule has 1 aliphatic rings. The summed E-state index contributed by atoms with van der Waals surface area (Å²) in [4.78, 5) is 26.4. The molecule has 1 aromatic carbocycles. The Labute approximate surface area is 167 Å². The highest BCUT2D eigenvalue weighted by atomic mass is 35.5. The number of rotatable bonds is 6. The standard InChI is InChI=1S/C19H30N4O3.ClH/c1-13(2)11-21-19(25)23-8-4-5-14(12-23)9-18(24)22-15-6-7-17(26-3)16(20)10-15;/h6-7,10,13-14H,4-5,8-9,11-12,20H2,1-3H3,(H,21,25)(H,22,24);1H. The minimum Gasteiger partial charge on any atom is -0.495 e. The number of anilines is 2. The van der Waals surface area contributed by atoms with Crippen molar-refractivity contribution in [2.45, 2.75) is 33.1 Å². The Morgan fingerprint density at radius 2 is 2.11 bits per heavy atom. The molecule has 1 atom stereocenters. The summed E-state index contributed by atoms with van der Waals surface area (Å²) in [6.07, 6.45) is 2.26. The van der Waals surface area contributed by atoms with Gasteiger partial charge in [-0.1, -0.05) is 13.8 Å². The minimum absolute atomic E-state index is 0. The van der Waals surface area contributed by atoms with Crippen LogP contribution in [-0.4, -0.2) is 43.6 Å². The monoisotopic (exact) mass is 398 g/mol. The van der Waals surface area contributed by atoms with Crippen LogP contribution < -0.4 is 21.1 Å². The number of likely N-dealkylation sites (tertiary alicyclic amines) is 1. The molecule has 1 unspecified atom stereocenters. The number of nitrogens with two attached hydrogens (primary N) is 1. The van der Waals surface area contributed by atoms with E-state index in [1.54, 1.807) is 25.3 Å². The first-order valence-corrected chi connectivity index (χ1v) is 9.15. The van der Waals surface area contributed by atoms with Gasteiger partial charge >= 0.3 is 6.03 Å². The number of carbonyl (C=O) groups excluding carboxylic acids is 2. The van der Waals surface area contributed by atoms with Gasteiger partial charge in [0.25, 0.3) is 0 Å². The van der Waals surface area contributed by atoms with Gasteiger partial charge in [0.05, 0.1) is 12.8 Å². The van der Waals surface area contributed by atoms with E-state index in [-0.39, 0.29) is 30.3 Å². The van der Waals surface area contributed by atoms with E-state index < -0.39 is 0 Å². The van der Waals surface area contributed by atoms with Gasteiger partial charge in [0.15, 0.2) is 0 Å². The number of carbonyl (C=O) groups is 2. The number of hydrogen-bond donors (Lipinski definition) is 3. The summed E-state index contributed by atoms with van der Waals surface area (Å²) < 4.78 is 5.11. The van der Waals surface area contributed by atoms with E-state index in [9.17, 15) is 9.59 Å². The zero-order valence-electron chi connectivity index (χ0n) is 16.3. The molecular formula is C19H31ClN4O3. The highest BCUT2D eigenvalue weighted by Gasteiger charge is 2.25. The fraction of sp³-hybridized carbons (Fsp3) is 0.579. The molecule has 1 heterocycles. The number of ether oxygens (including phenoxy) is 1. The Bertz CT molecular complexity index is 639. The molecular weight excluding hydrogens is 368 g/mol. The zero-order valence-corrected chi connectivity index (χ0v) is 17.1. The molecule has 0 bridgehead atoms. The molecule has 27 heavy (non-hydrogen) atoms. The van der Waals surface area contributed by atoms with Gasteiger partial charge in [0, 0.05) is 31.7 Å². The van der Waals surface area contributed by atoms with E-state index in [4.69, 9.17) is 10.5 Å². The molecule has 0 aliphatic carbocycles. The van der Waals surface area contributed by atoms with E-state index >= 15 is 0 Å². The number of benzene rings is 1. The van der Waals surface area contributed by atoms with Gasteiger partial charge in [-0.25, -0.2) is 4.79 Å². The molecule has 3 amide bonds. The lowest BCUT2D eigenvalue weighted by Gasteiger charge is -2.32. The van der Waals surface area contributed by atoms with E-state index in [1.807, 2.05) is 4.90 Å². The highest BCUT2D eigenvalue weighted by Crippen LogP contribution is 2.25. The quantitative estimate of drug-likeness (QED) is 0.641. The van der Waals surface area contributed by atoms with Crippen LogP contribution in [0.5, 0.6) is 5.75 Å². The Morgan fingerprint density at radius 3 is 2.74 bits per heavy atom. The lowest BCUT2D eigenvalue weighted by atomic mass is 9.94. The highest BCUT2D eigenvalue weighted by molar-refractivity contribution is 5.91. The molecule has 4 N–H and O–H groups in total. The molecule has 152 valence electrons. The van der Waals surface area contributed by atoms with Crippen LogP contribution in [0.15, 0.2) is 18.2 Å². The summed E-state index contributed by atoms with van der Waals surface area (Å²) in [6, 6.07) is 5.14. The van der Waals surface area contributed by atoms with Crippen LogP contribution in [0, 0.1) is 11.8 Å². The lowest BCUT2D eigenvalue weighted by molar-refractivity contribution is -0.117. The first-order valence-electron chi connectivity index (χ1n) is 9.15. The van der Waals surface area contributed by atoms with Gasteiger partial charge in [0.1, 0.15) is 5.75 Å². The Balaban J connectivity index is 0.00000364. The predicted octanol–water partition coefficient (Wildman–Crippen LogP) is 3.11. The van der Waals surface area contributed by atoms with E-state index in [0.29, 0.717) is 42.6 Å². The van der Waals surface area contributed by atoms with Gasteiger partial charge in [0.2, 0.25) is 5.91 Å². The molecule has 7 nitrogen and oxygen atoms in total. The van der Waals surface area contributed by atoms with Crippen molar-refractivity contribution in [1.29, 1.82) is 0 Å². The molecule has 8 heteroatoms. The maximum atomic E-state index is 12.3. The molecule has 0 aromatic heterocycles. The maximum Gasteiger partial charge on any atom is 0.317 e. The molecule has 2 rings (SSSR count). The minimum atomic E-state index is -0.0657. The van der Waals surface area contributed by atoms with Crippen LogP contribution >= 0.6 is 12.4 Å². The number of nitrogens with zero attached hydrogens (tertiary/aromatic N) is 1. The second-order valence-electron chi connectivity index (χ2n) is 7.24. The van der Waals surface area contributed by atoms with Crippen molar-refractivity contribution in [2.75, 3.05) is 37.8 Å². The van der Waals surface area contributed by atoms with Crippen LogP contribution in [-0.2, 0) is 4.79 Å². The number of hydrogen-bond acceptors (Lipinski definition) is 4. The van der Waals surface area contributed by atoms with Gasteiger partial charge in [-0.3, -0.25) is 4.79 Å². The van der Waals surface area contributed by atoms with Gasteiger partial charge < -0.3 is 26.0 Å². The molecule has 0 spiro atoms. The third kappa shape index (κ3) is 7.17. The largest absolute Gasteiger partial charge is 0.495 e. The fourth-order valence-electron chi connectivity index (χ4n) is 3.11. The molecule has 1 aromatic rings. The SMILES string of the molecule is COc1ccc(NC(=O)CC2CCCN(C(=O)NCC(C)C)C2)cc1N.Cl. The van der Waals surface area contributed by atoms with Crippen molar-refractivity contribution < 1.29 is 14.3 Å². The van der Waals surface area contributed by atoms with Gasteiger partial charge in [-0.15, -0.1) is 12.4 Å². The average Bonchev–Trinajstić information content (AvgIpc) is 2.60. The number of nitrogen functional groups attached to an aromatic ring is 1. The molecule has 0 saturated carbocycles. The third-order valence-electron chi connectivity index (χ3n) is 4.46. The number of piperidine rings is 1. The summed E-state index contributed by atoms with van der Waals surface area (Å²) in [6.45, 7) is 6.16. The van der Waals surface area contributed by atoms with Gasteiger partial charge in [-0.05, 0) is 42.9 Å². The summed E-state index contributed by atoms with van der Waals surface area (Å²) in [5.41, 5.74) is 7.00. The second kappa shape index (κ2) is 10.9. The van der Waals surface area contributed by atoms with Crippen molar-refractivity contribution in [1.82, 2.24) is 10.2 Å².